The maximum absolute atomic E-state index is 4.47. The number of rotatable bonds is 10. The molecule has 1 aliphatic carbocycles. The predicted molar refractivity (Wildman–Crippen MR) is 126 cm³/mol. The summed E-state index contributed by atoms with van der Waals surface area (Å²) < 4.78 is 2.40. The summed E-state index contributed by atoms with van der Waals surface area (Å²) in [4.78, 5) is 4.33. The maximum Gasteiger partial charge on any atom is 0.191 e. The highest BCUT2D eigenvalue weighted by Crippen LogP contribution is 2.33. The fourth-order valence-corrected chi connectivity index (χ4v) is 4.21. The standard InChI is InChI=1S/C19H36N6S.HI/c1-5-15(6-2)14-22-18(20-3)21-13-9-12-17-23-24-19(26-4)25(17)16-10-7-8-11-16;/h15-16H,5-14H2,1-4H3,(H2,20,21,22);1H. The third-order valence-electron chi connectivity index (χ3n) is 5.41. The summed E-state index contributed by atoms with van der Waals surface area (Å²) in [6.07, 6.45) is 11.7. The second kappa shape index (κ2) is 13.6. The van der Waals surface area contributed by atoms with E-state index in [2.05, 4.69) is 50.5 Å². The normalized spacial score (nSPS) is 15.2. The number of nitrogens with one attached hydrogen (secondary N) is 2. The molecule has 1 heterocycles. The fraction of sp³-hybridized carbons (Fsp3) is 0.842. The highest BCUT2D eigenvalue weighted by atomic mass is 127. The van der Waals surface area contributed by atoms with Crippen molar-refractivity contribution in [1.29, 1.82) is 0 Å². The number of hydrogen-bond donors (Lipinski definition) is 2. The van der Waals surface area contributed by atoms with E-state index in [-0.39, 0.29) is 24.0 Å². The molecule has 2 rings (SSSR count). The third-order valence-corrected chi connectivity index (χ3v) is 6.06. The van der Waals surface area contributed by atoms with Crippen LogP contribution in [0.4, 0.5) is 0 Å². The van der Waals surface area contributed by atoms with Gasteiger partial charge in [-0.1, -0.05) is 51.3 Å². The van der Waals surface area contributed by atoms with Gasteiger partial charge in [-0.05, 0) is 31.4 Å². The van der Waals surface area contributed by atoms with Crippen LogP contribution in [0, 0.1) is 5.92 Å². The molecule has 1 aromatic rings. The van der Waals surface area contributed by atoms with Crippen molar-refractivity contribution in [3.05, 3.63) is 5.82 Å². The van der Waals surface area contributed by atoms with Crippen molar-refractivity contribution in [1.82, 2.24) is 25.4 Å². The molecule has 27 heavy (non-hydrogen) atoms. The van der Waals surface area contributed by atoms with Gasteiger partial charge < -0.3 is 15.2 Å². The second-order valence-electron chi connectivity index (χ2n) is 7.08. The summed E-state index contributed by atoms with van der Waals surface area (Å²) in [5, 5.41) is 16.8. The molecule has 0 aliphatic heterocycles. The number of nitrogens with zero attached hydrogens (tertiary/aromatic N) is 4. The SMILES string of the molecule is CCC(CC)CNC(=NC)NCCCc1nnc(SC)n1C1CCCC1.I. The first-order chi connectivity index (χ1) is 12.7. The molecule has 0 spiro atoms. The van der Waals surface area contributed by atoms with Crippen molar-refractivity contribution in [3.63, 3.8) is 0 Å². The first-order valence-electron chi connectivity index (χ1n) is 10.2. The zero-order chi connectivity index (χ0) is 18.8. The molecule has 0 aromatic carbocycles. The molecular formula is C19H37IN6S. The minimum absolute atomic E-state index is 0. The van der Waals surface area contributed by atoms with Crippen molar-refractivity contribution >= 4 is 41.7 Å². The summed E-state index contributed by atoms with van der Waals surface area (Å²) in [7, 11) is 1.84. The Kier molecular flexibility index (Phi) is 12.4. The number of hydrogen-bond acceptors (Lipinski definition) is 4. The van der Waals surface area contributed by atoms with Gasteiger partial charge in [0.25, 0.3) is 0 Å². The fourth-order valence-electron chi connectivity index (χ4n) is 3.64. The molecule has 1 aliphatic rings. The van der Waals surface area contributed by atoms with Gasteiger partial charge >= 0.3 is 0 Å². The van der Waals surface area contributed by atoms with Gasteiger partial charge in [0.05, 0.1) is 0 Å². The molecule has 2 N–H and O–H groups in total. The minimum atomic E-state index is 0. The van der Waals surface area contributed by atoms with Gasteiger partial charge in [0.1, 0.15) is 5.82 Å². The van der Waals surface area contributed by atoms with Crippen LogP contribution in [0.1, 0.15) is 70.7 Å². The Morgan fingerprint density at radius 2 is 1.93 bits per heavy atom. The summed E-state index contributed by atoms with van der Waals surface area (Å²) >= 11 is 1.71. The van der Waals surface area contributed by atoms with E-state index in [0.29, 0.717) is 12.0 Å². The first kappa shape index (κ1) is 24.5. The Bertz CT molecular complexity index is 552. The number of thioether (sulfide) groups is 1. The Labute approximate surface area is 186 Å². The molecule has 0 atom stereocenters. The molecule has 1 aromatic heterocycles. The quantitative estimate of drug-likeness (QED) is 0.163. The van der Waals surface area contributed by atoms with Crippen molar-refractivity contribution in [3.8, 4) is 0 Å². The molecule has 0 amide bonds. The molecular weight excluding hydrogens is 471 g/mol. The summed E-state index contributed by atoms with van der Waals surface area (Å²) in [5.74, 6) is 2.76. The maximum atomic E-state index is 4.47. The Morgan fingerprint density at radius 1 is 1.22 bits per heavy atom. The predicted octanol–water partition coefficient (Wildman–Crippen LogP) is 4.27. The van der Waals surface area contributed by atoms with E-state index >= 15 is 0 Å². The van der Waals surface area contributed by atoms with E-state index < -0.39 is 0 Å². The molecule has 1 saturated carbocycles. The lowest BCUT2D eigenvalue weighted by Gasteiger charge is -2.17. The number of aryl methyl sites for hydroxylation is 1. The van der Waals surface area contributed by atoms with Crippen LogP contribution in [0.2, 0.25) is 0 Å². The van der Waals surface area contributed by atoms with Crippen molar-refractivity contribution in [2.45, 2.75) is 76.4 Å². The summed E-state index contributed by atoms with van der Waals surface area (Å²) in [5.41, 5.74) is 0. The Hall–Kier alpha value is -0.510. The molecule has 156 valence electrons. The van der Waals surface area contributed by atoms with Crippen molar-refractivity contribution < 1.29 is 0 Å². The summed E-state index contributed by atoms with van der Waals surface area (Å²) in [6.45, 7) is 6.37. The Morgan fingerprint density at radius 3 is 2.52 bits per heavy atom. The van der Waals surface area contributed by atoms with E-state index in [0.717, 1.165) is 42.9 Å². The number of guanidine groups is 1. The average molecular weight is 509 g/mol. The van der Waals surface area contributed by atoms with Gasteiger partial charge in [0, 0.05) is 32.6 Å². The minimum Gasteiger partial charge on any atom is -0.356 e. The summed E-state index contributed by atoms with van der Waals surface area (Å²) in [6, 6.07) is 0.602. The van der Waals surface area contributed by atoms with Gasteiger partial charge in [0.15, 0.2) is 11.1 Å². The van der Waals surface area contributed by atoms with E-state index in [4.69, 9.17) is 0 Å². The second-order valence-corrected chi connectivity index (χ2v) is 7.85. The van der Waals surface area contributed by atoms with Crippen molar-refractivity contribution in [2.75, 3.05) is 26.4 Å². The molecule has 0 saturated heterocycles. The van der Waals surface area contributed by atoms with Crippen LogP contribution in [-0.2, 0) is 6.42 Å². The molecule has 1 fully saturated rings. The van der Waals surface area contributed by atoms with E-state index in [1.807, 2.05) is 7.05 Å². The molecule has 0 unspecified atom stereocenters. The van der Waals surface area contributed by atoms with E-state index in [1.165, 1.54) is 38.5 Å². The van der Waals surface area contributed by atoms with E-state index in [9.17, 15) is 0 Å². The number of halogens is 1. The molecule has 8 heteroatoms. The smallest absolute Gasteiger partial charge is 0.191 e. The van der Waals surface area contributed by atoms with Crippen LogP contribution < -0.4 is 10.6 Å². The van der Waals surface area contributed by atoms with Gasteiger partial charge in [-0.3, -0.25) is 4.99 Å². The Balaban J connectivity index is 0.00000364. The topological polar surface area (TPSA) is 67.1 Å². The first-order valence-corrected chi connectivity index (χ1v) is 11.4. The zero-order valence-electron chi connectivity index (χ0n) is 17.3. The van der Waals surface area contributed by atoms with Crippen LogP contribution in [0.5, 0.6) is 0 Å². The number of aliphatic imine (C=N–C) groups is 1. The third kappa shape index (κ3) is 7.44. The highest BCUT2D eigenvalue weighted by Gasteiger charge is 2.23. The molecule has 0 radical (unpaired) electrons. The largest absolute Gasteiger partial charge is 0.356 e. The lowest BCUT2D eigenvalue weighted by atomic mass is 10.0. The van der Waals surface area contributed by atoms with Crippen LogP contribution in [0.25, 0.3) is 0 Å². The highest BCUT2D eigenvalue weighted by molar-refractivity contribution is 14.0. The van der Waals surface area contributed by atoms with Gasteiger partial charge in [-0.25, -0.2) is 0 Å². The van der Waals surface area contributed by atoms with Crippen LogP contribution >= 0.6 is 35.7 Å². The number of aromatic nitrogens is 3. The zero-order valence-corrected chi connectivity index (χ0v) is 20.5. The van der Waals surface area contributed by atoms with Crippen LogP contribution in [0.15, 0.2) is 10.1 Å². The monoisotopic (exact) mass is 508 g/mol. The van der Waals surface area contributed by atoms with Gasteiger partial charge in [-0.2, -0.15) is 0 Å². The van der Waals surface area contributed by atoms with E-state index in [1.54, 1.807) is 11.8 Å². The lowest BCUT2D eigenvalue weighted by Crippen LogP contribution is -2.40. The molecule has 0 bridgehead atoms. The van der Waals surface area contributed by atoms with Crippen LogP contribution in [0.3, 0.4) is 0 Å². The van der Waals surface area contributed by atoms with Gasteiger partial charge in [-0.15, -0.1) is 34.2 Å². The average Bonchev–Trinajstić information content (AvgIpc) is 3.32. The lowest BCUT2D eigenvalue weighted by molar-refractivity contribution is 0.460. The van der Waals surface area contributed by atoms with Crippen LogP contribution in [-0.4, -0.2) is 47.1 Å². The van der Waals surface area contributed by atoms with Crippen molar-refractivity contribution in [2.24, 2.45) is 10.9 Å². The van der Waals surface area contributed by atoms with Gasteiger partial charge in [0.2, 0.25) is 0 Å². The molecule has 6 nitrogen and oxygen atoms in total.